The van der Waals surface area contributed by atoms with Crippen molar-refractivity contribution in [1.29, 1.82) is 0 Å². The summed E-state index contributed by atoms with van der Waals surface area (Å²) in [7, 11) is -3.86. The lowest BCUT2D eigenvalue weighted by molar-refractivity contribution is 0.462. The molecular formula is C20H26O4S. The Balaban J connectivity index is 3.02. The van der Waals surface area contributed by atoms with Gasteiger partial charge in [-0.1, -0.05) is 0 Å². The molecule has 0 spiro atoms. The summed E-state index contributed by atoms with van der Waals surface area (Å²) in [5.74, 6) is 0.148. The quantitative estimate of drug-likeness (QED) is 0.830. The Morgan fingerprint density at radius 1 is 0.480 bits per heavy atom. The predicted molar refractivity (Wildman–Crippen MR) is 99.6 cm³/mol. The molecule has 0 saturated carbocycles. The van der Waals surface area contributed by atoms with Crippen molar-refractivity contribution in [2.75, 3.05) is 0 Å². The first-order valence-corrected chi connectivity index (χ1v) is 9.67. The molecule has 0 fully saturated rings. The molecule has 0 radical (unpaired) electrons. The molecule has 2 aromatic rings. The second kappa shape index (κ2) is 6.06. The number of phenols is 2. The lowest BCUT2D eigenvalue weighted by Crippen LogP contribution is -2.13. The highest BCUT2D eigenvalue weighted by Gasteiger charge is 2.31. The van der Waals surface area contributed by atoms with Gasteiger partial charge in [0.2, 0.25) is 9.84 Å². The number of sulfone groups is 1. The number of hydrogen-bond donors (Lipinski definition) is 2. The van der Waals surface area contributed by atoms with Crippen molar-refractivity contribution in [1.82, 2.24) is 0 Å². The Morgan fingerprint density at radius 2 is 0.760 bits per heavy atom. The lowest BCUT2D eigenvalue weighted by atomic mass is 9.99. The van der Waals surface area contributed by atoms with Crippen molar-refractivity contribution < 1.29 is 18.6 Å². The highest BCUT2D eigenvalue weighted by Crippen LogP contribution is 2.41. The summed E-state index contributed by atoms with van der Waals surface area (Å²) in [6.45, 7) is 13.8. The monoisotopic (exact) mass is 362 g/mol. The number of benzene rings is 2. The third kappa shape index (κ3) is 2.61. The van der Waals surface area contributed by atoms with Gasteiger partial charge in [-0.25, -0.2) is 8.42 Å². The highest BCUT2D eigenvalue weighted by atomic mass is 32.2. The predicted octanol–water partition coefficient (Wildman–Crippen LogP) is 4.40. The third-order valence-corrected chi connectivity index (χ3v) is 7.87. The maximum atomic E-state index is 13.6. The van der Waals surface area contributed by atoms with Gasteiger partial charge in [0.25, 0.3) is 0 Å². The molecule has 5 heteroatoms. The molecule has 2 rings (SSSR count). The number of hydrogen-bond acceptors (Lipinski definition) is 4. The van der Waals surface area contributed by atoms with Crippen molar-refractivity contribution >= 4 is 9.84 Å². The van der Waals surface area contributed by atoms with Crippen LogP contribution in [-0.4, -0.2) is 18.6 Å². The fourth-order valence-electron chi connectivity index (χ4n) is 3.47. The molecule has 136 valence electrons. The van der Waals surface area contributed by atoms with Gasteiger partial charge in [-0.05, 0) is 94.3 Å². The number of phenolic OH excluding ortho intramolecular Hbond substituents is 2. The molecular weight excluding hydrogens is 336 g/mol. The Kier molecular flexibility index (Phi) is 4.68. The molecule has 25 heavy (non-hydrogen) atoms. The van der Waals surface area contributed by atoms with Crippen molar-refractivity contribution in [2.45, 2.75) is 65.2 Å². The normalized spacial score (nSPS) is 11.8. The summed E-state index contributed by atoms with van der Waals surface area (Å²) in [6, 6.07) is 0. The molecule has 0 aliphatic heterocycles. The third-order valence-electron chi connectivity index (χ3n) is 5.57. The summed E-state index contributed by atoms with van der Waals surface area (Å²) in [6.07, 6.45) is 0. The summed E-state index contributed by atoms with van der Waals surface area (Å²) in [5, 5.41) is 20.6. The minimum Gasteiger partial charge on any atom is -0.507 e. The highest BCUT2D eigenvalue weighted by molar-refractivity contribution is 7.91. The van der Waals surface area contributed by atoms with Crippen molar-refractivity contribution in [3.05, 3.63) is 44.5 Å². The second-order valence-electron chi connectivity index (χ2n) is 6.86. The maximum Gasteiger partial charge on any atom is 0.207 e. The van der Waals surface area contributed by atoms with Crippen LogP contribution in [0.2, 0.25) is 0 Å². The summed E-state index contributed by atoms with van der Waals surface area (Å²) in [5.41, 5.74) is 4.67. The van der Waals surface area contributed by atoms with Crippen LogP contribution in [0, 0.1) is 55.4 Å². The second-order valence-corrected chi connectivity index (χ2v) is 8.68. The van der Waals surface area contributed by atoms with E-state index in [1.807, 2.05) is 6.92 Å². The van der Waals surface area contributed by atoms with Crippen LogP contribution in [0.3, 0.4) is 0 Å². The van der Waals surface area contributed by atoms with Crippen molar-refractivity contribution in [2.24, 2.45) is 0 Å². The number of aromatic hydroxyl groups is 2. The van der Waals surface area contributed by atoms with Gasteiger partial charge in [0, 0.05) is 5.56 Å². The first kappa shape index (κ1) is 19.3. The van der Waals surface area contributed by atoms with Crippen molar-refractivity contribution in [3.8, 4) is 11.5 Å². The van der Waals surface area contributed by atoms with E-state index in [1.54, 1.807) is 48.5 Å². The molecule has 0 amide bonds. The SMILES string of the molecule is Cc1c(C)c(O)c(C)c(S(=O)(=O)c2c(C)c(C)c(O)c(C)c2C)c1C. The molecule has 0 unspecified atom stereocenters. The minimum atomic E-state index is -3.86. The Labute approximate surface area is 150 Å². The van der Waals surface area contributed by atoms with Gasteiger partial charge in [-0.3, -0.25) is 0 Å². The van der Waals surface area contributed by atoms with Gasteiger partial charge in [-0.2, -0.15) is 0 Å². The van der Waals surface area contributed by atoms with Gasteiger partial charge in [-0.15, -0.1) is 0 Å². The van der Waals surface area contributed by atoms with E-state index in [9.17, 15) is 18.6 Å². The first-order valence-electron chi connectivity index (χ1n) is 8.19. The summed E-state index contributed by atoms with van der Waals surface area (Å²) in [4.78, 5) is 0.373. The van der Waals surface area contributed by atoms with Crippen LogP contribution in [-0.2, 0) is 9.84 Å². The molecule has 2 N–H and O–H groups in total. The standard InChI is InChI=1S/C20H26O4S/c1-9-10(2)18(22)16(8)20(13(9)5)25(23,24)19-14(6)11(3)17(21)12(4)15(19)7/h21-22H,1-8H3. The van der Waals surface area contributed by atoms with E-state index in [0.717, 1.165) is 5.56 Å². The molecule has 0 aliphatic rings. The molecule has 0 atom stereocenters. The molecule has 0 aromatic heterocycles. The fraction of sp³-hybridized carbons (Fsp3) is 0.400. The van der Waals surface area contributed by atoms with Gasteiger partial charge in [0.15, 0.2) is 0 Å². The van der Waals surface area contributed by atoms with E-state index in [4.69, 9.17) is 0 Å². The van der Waals surface area contributed by atoms with Crippen LogP contribution >= 0.6 is 0 Å². The minimum absolute atomic E-state index is 0.0178. The average Bonchev–Trinajstić information content (AvgIpc) is 2.54. The zero-order valence-electron chi connectivity index (χ0n) is 16.1. The Morgan fingerprint density at radius 3 is 1.20 bits per heavy atom. The van der Waals surface area contributed by atoms with Crippen LogP contribution in [0.25, 0.3) is 0 Å². The Hall–Kier alpha value is -2.01. The summed E-state index contributed by atoms with van der Waals surface area (Å²) < 4.78 is 27.1. The zero-order valence-corrected chi connectivity index (χ0v) is 16.9. The van der Waals surface area contributed by atoms with E-state index in [-0.39, 0.29) is 21.3 Å². The van der Waals surface area contributed by atoms with E-state index in [1.165, 1.54) is 0 Å². The van der Waals surface area contributed by atoms with E-state index in [2.05, 4.69) is 0 Å². The lowest BCUT2D eigenvalue weighted by Gasteiger charge is -2.21. The van der Waals surface area contributed by atoms with Crippen LogP contribution in [0.1, 0.15) is 44.5 Å². The van der Waals surface area contributed by atoms with Gasteiger partial charge in [0.1, 0.15) is 11.5 Å². The molecule has 2 aromatic carbocycles. The van der Waals surface area contributed by atoms with E-state index in [0.29, 0.717) is 38.9 Å². The van der Waals surface area contributed by atoms with Gasteiger partial charge in [0.05, 0.1) is 9.79 Å². The van der Waals surface area contributed by atoms with Crippen LogP contribution < -0.4 is 0 Å². The van der Waals surface area contributed by atoms with Crippen LogP contribution in [0.5, 0.6) is 11.5 Å². The molecule has 0 aliphatic carbocycles. The van der Waals surface area contributed by atoms with Crippen LogP contribution in [0.4, 0.5) is 0 Å². The van der Waals surface area contributed by atoms with Crippen LogP contribution in [0.15, 0.2) is 9.79 Å². The molecule has 0 bridgehead atoms. The average molecular weight is 362 g/mol. The van der Waals surface area contributed by atoms with E-state index < -0.39 is 9.84 Å². The largest absolute Gasteiger partial charge is 0.507 e. The zero-order chi connectivity index (χ0) is 19.4. The van der Waals surface area contributed by atoms with E-state index >= 15 is 0 Å². The molecule has 0 saturated heterocycles. The molecule has 0 heterocycles. The smallest absolute Gasteiger partial charge is 0.207 e. The first-order chi connectivity index (χ1) is 11.4. The fourth-order valence-corrected chi connectivity index (χ4v) is 5.84. The Bertz CT molecular complexity index is 866. The van der Waals surface area contributed by atoms with Gasteiger partial charge < -0.3 is 10.2 Å². The number of rotatable bonds is 2. The summed E-state index contributed by atoms with van der Waals surface area (Å²) >= 11 is 0. The van der Waals surface area contributed by atoms with Gasteiger partial charge >= 0.3 is 0 Å². The topological polar surface area (TPSA) is 74.6 Å². The molecule has 4 nitrogen and oxygen atoms in total. The maximum absolute atomic E-state index is 13.6. The van der Waals surface area contributed by atoms with Crippen molar-refractivity contribution in [3.63, 3.8) is 0 Å².